The number of nitrogens with zero attached hydrogens (tertiary/aromatic N) is 4. The Morgan fingerprint density at radius 2 is 2.00 bits per heavy atom. The molecule has 0 radical (unpaired) electrons. The summed E-state index contributed by atoms with van der Waals surface area (Å²) in [5, 5.41) is 1.34. The van der Waals surface area contributed by atoms with Crippen molar-refractivity contribution in [3.8, 4) is 11.4 Å². The molecule has 1 amide bonds. The van der Waals surface area contributed by atoms with Gasteiger partial charge in [-0.3, -0.25) is 9.69 Å². The first-order valence-corrected chi connectivity index (χ1v) is 10.4. The highest BCUT2D eigenvalue weighted by Crippen LogP contribution is 2.35. The van der Waals surface area contributed by atoms with E-state index in [-0.39, 0.29) is 11.6 Å². The van der Waals surface area contributed by atoms with Crippen LogP contribution in [0.15, 0.2) is 55.0 Å². The lowest BCUT2D eigenvalue weighted by Gasteiger charge is -2.19. The second-order valence-electron chi connectivity index (χ2n) is 7.64. The SMILES string of the molecule is NC(=O)c1ncc(CN2CCOc3c(Cl)cc(-n4ccc5cc(F)ccc54)cc3C2)cn1. The Kier molecular flexibility index (Phi) is 5.24. The lowest BCUT2D eigenvalue weighted by molar-refractivity contribution is 0.0990. The number of rotatable bonds is 4. The molecule has 0 aliphatic carbocycles. The third-order valence-electron chi connectivity index (χ3n) is 5.42. The van der Waals surface area contributed by atoms with Crippen LogP contribution in [0.2, 0.25) is 5.02 Å². The largest absolute Gasteiger partial charge is 0.490 e. The van der Waals surface area contributed by atoms with Crippen molar-refractivity contribution in [2.45, 2.75) is 13.1 Å². The maximum absolute atomic E-state index is 13.6. The third-order valence-corrected chi connectivity index (χ3v) is 5.70. The van der Waals surface area contributed by atoms with Gasteiger partial charge in [0.1, 0.15) is 18.2 Å². The molecule has 0 spiro atoms. The van der Waals surface area contributed by atoms with Crippen LogP contribution in [-0.4, -0.2) is 38.5 Å². The average Bonchev–Trinajstić information content (AvgIpc) is 3.07. The highest BCUT2D eigenvalue weighted by atomic mass is 35.5. The van der Waals surface area contributed by atoms with Gasteiger partial charge in [0.25, 0.3) is 5.91 Å². The molecule has 1 aliphatic heterocycles. The fraction of sp³-hybridized carbons (Fsp3) is 0.174. The number of halogens is 2. The van der Waals surface area contributed by atoms with Crippen LogP contribution in [0.5, 0.6) is 5.75 Å². The van der Waals surface area contributed by atoms with Crippen molar-refractivity contribution in [2.75, 3.05) is 13.2 Å². The Morgan fingerprint density at radius 3 is 2.78 bits per heavy atom. The normalized spacial score (nSPS) is 14.1. The van der Waals surface area contributed by atoms with Crippen LogP contribution in [0.4, 0.5) is 4.39 Å². The number of aromatic nitrogens is 3. The van der Waals surface area contributed by atoms with Gasteiger partial charge in [-0.2, -0.15) is 0 Å². The van der Waals surface area contributed by atoms with Gasteiger partial charge in [-0.1, -0.05) is 11.6 Å². The van der Waals surface area contributed by atoms with Crippen LogP contribution >= 0.6 is 11.6 Å². The fourth-order valence-electron chi connectivity index (χ4n) is 3.94. The standard InChI is InChI=1S/C23H19ClFN5O2/c24-19-9-18(30-4-3-15-7-17(25)1-2-20(15)30)8-16-13-29(5-6-32-21(16)19)12-14-10-27-23(22(26)31)28-11-14/h1-4,7-11H,5-6,12-13H2,(H2,26,31). The summed E-state index contributed by atoms with van der Waals surface area (Å²) in [6.07, 6.45) is 5.11. The van der Waals surface area contributed by atoms with Crippen molar-refractivity contribution < 1.29 is 13.9 Å². The Labute approximate surface area is 188 Å². The lowest BCUT2D eigenvalue weighted by Crippen LogP contribution is -2.25. The number of primary amides is 1. The number of nitrogens with two attached hydrogens (primary N) is 1. The molecule has 7 nitrogen and oxygen atoms in total. The Hall–Kier alpha value is -3.49. The molecule has 32 heavy (non-hydrogen) atoms. The van der Waals surface area contributed by atoms with E-state index < -0.39 is 5.91 Å². The first-order chi connectivity index (χ1) is 15.5. The molecular weight excluding hydrogens is 433 g/mol. The van der Waals surface area contributed by atoms with E-state index in [0.717, 1.165) is 27.7 Å². The van der Waals surface area contributed by atoms with Crippen LogP contribution in [0.25, 0.3) is 16.6 Å². The van der Waals surface area contributed by atoms with Crippen molar-refractivity contribution in [2.24, 2.45) is 5.73 Å². The number of carbonyl (C=O) groups excluding carboxylic acids is 1. The van der Waals surface area contributed by atoms with Crippen LogP contribution in [-0.2, 0) is 13.1 Å². The van der Waals surface area contributed by atoms with Crippen LogP contribution in [0.3, 0.4) is 0 Å². The van der Waals surface area contributed by atoms with E-state index in [1.165, 1.54) is 12.1 Å². The number of carbonyl (C=O) groups is 1. The van der Waals surface area contributed by atoms with Crippen LogP contribution in [0, 0.1) is 5.82 Å². The molecule has 0 fully saturated rings. The molecule has 4 aromatic rings. The molecule has 162 valence electrons. The molecule has 0 bridgehead atoms. The molecule has 3 heterocycles. The summed E-state index contributed by atoms with van der Waals surface area (Å²) in [5.74, 6) is -0.266. The van der Waals surface area contributed by atoms with E-state index >= 15 is 0 Å². The second-order valence-corrected chi connectivity index (χ2v) is 8.05. The molecule has 0 unspecified atom stereocenters. The van der Waals surface area contributed by atoms with Crippen LogP contribution in [0.1, 0.15) is 21.7 Å². The summed E-state index contributed by atoms with van der Waals surface area (Å²) in [6.45, 7) is 2.35. The number of hydrogen-bond acceptors (Lipinski definition) is 5. The number of fused-ring (bicyclic) bond motifs is 2. The minimum atomic E-state index is -0.656. The topological polar surface area (TPSA) is 86.3 Å². The zero-order valence-corrected chi connectivity index (χ0v) is 17.7. The summed E-state index contributed by atoms with van der Waals surface area (Å²) in [4.78, 5) is 21.4. The molecule has 5 rings (SSSR count). The summed E-state index contributed by atoms with van der Waals surface area (Å²) < 4.78 is 21.5. The molecule has 9 heteroatoms. The summed E-state index contributed by atoms with van der Waals surface area (Å²) in [7, 11) is 0. The molecule has 2 aromatic carbocycles. The molecule has 2 aromatic heterocycles. The maximum atomic E-state index is 13.6. The van der Waals surface area contributed by atoms with Gasteiger partial charge in [-0.15, -0.1) is 0 Å². The minimum absolute atomic E-state index is 0.00597. The van der Waals surface area contributed by atoms with Gasteiger partial charge in [-0.05, 0) is 36.4 Å². The maximum Gasteiger partial charge on any atom is 0.286 e. The summed E-state index contributed by atoms with van der Waals surface area (Å²) >= 11 is 6.59. The van der Waals surface area contributed by atoms with Crippen molar-refractivity contribution in [1.82, 2.24) is 19.4 Å². The van der Waals surface area contributed by atoms with Gasteiger partial charge in [0.15, 0.2) is 0 Å². The second kappa shape index (κ2) is 8.22. The first-order valence-electron chi connectivity index (χ1n) is 10.0. The lowest BCUT2D eigenvalue weighted by atomic mass is 10.1. The van der Waals surface area contributed by atoms with E-state index in [1.54, 1.807) is 18.5 Å². The zero-order valence-electron chi connectivity index (χ0n) is 17.0. The predicted molar refractivity (Wildman–Crippen MR) is 118 cm³/mol. The number of hydrogen-bond donors (Lipinski definition) is 1. The zero-order chi connectivity index (χ0) is 22.2. The quantitative estimate of drug-likeness (QED) is 0.511. The molecule has 0 saturated carbocycles. The third kappa shape index (κ3) is 3.90. The van der Waals surface area contributed by atoms with Gasteiger partial charge < -0.3 is 15.0 Å². The number of ether oxygens (including phenoxy) is 1. The predicted octanol–water partition coefficient (Wildman–Crippen LogP) is 3.71. The smallest absolute Gasteiger partial charge is 0.286 e. The van der Waals surface area contributed by atoms with Crippen molar-refractivity contribution in [1.29, 1.82) is 0 Å². The molecule has 2 N–H and O–H groups in total. The molecular formula is C23H19ClFN5O2. The van der Waals surface area contributed by atoms with E-state index in [0.29, 0.717) is 37.0 Å². The van der Waals surface area contributed by atoms with E-state index in [1.807, 2.05) is 29.0 Å². The van der Waals surface area contributed by atoms with Gasteiger partial charge in [-0.25, -0.2) is 14.4 Å². The van der Waals surface area contributed by atoms with Gasteiger partial charge >= 0.3 is 0 Å². The fourth-order valence-corrected chi connectivity index (χ4v) is 4.23. The van der Waals surface area contributed by atoms with E-state index in [4.69, 9.17) is 22.1 Å². The molecule has 0 atom stereocenters. The van der Waals surface area contributed by atoms with Crippen molar-refractivity contribution >= 4 is 28.4 Å². The summed E-state index contributed by atoms with van der Waals surface area (Å²) in [6, 6.07) is 10.5. The minimum Gasteiger partial charge on any atom is -0.490 e. The highest BCUT2D eigenvalue weighted by Gasteiger charge is 2.20. The van der Waals surface area contributed by atoms with E-state index in [2.05, 4.69) is 14.9 Å². The average molecular weight is 452 g/mol. The van der Waals surface area contributed by atoms with Gasteiger partial charge in [0, 0.05) is 60.4 Å². The first kappa shape index (κ1) is 20.4. The highest BCUT2D eigenvalue weighted by molar-refractivity contribution is 6.32. The number of amides is 1. The Morgan fingerprint density at radius 1 is 1.19 bits per heavy atom. The van der Waals surface area contributed by atoms with Gasteiger partial charge in [0.05, 0.1) is 10.5 Å². The van der Waals surface area contributed by atoms with Gasteiger partial charge in [0.2, 0.25) is 5.82 Å². The Bertz CT molecular complexity index is 1320. The molecule has 1 aliphatic rings. The van der Waals surface area contributed by atoms with Crippen molar-refractivity contribution in [3.05, 3.63) is 82.8 Å². The van der Waals surface area contributed by atoms with E-state index in [9.17, 15) is 9.18 Å². The monoisotopic (exact) mass is 451 g/mol. The molecule has 0 saturated heterocycles. The summed E-state index contributed by atoms with van der Waals surface area (Å²) in [5.41, 5.74) is 8.78. The number of benzene rings is 2. The van der Waals surface area contributed by atoms with Crippen molar-refractivity contribution in [3.63, 3.8) is 0 Å². The van der Waals surface area contributed by atoms with Crippen LogP contribution < -0.4 is 10.5 Å². The Balaban J connectivity index is 1.45.